The van der Waals surface area contributed by atoms with Crippen LogP contribution in [0.15, 0.2) is 48.5 Å². The molecule has 2 aromatic carbocycles. The van der Waals surface area contributed by atoms with Crippen LogP contribution in [-0.4, -0.2) is 24.3 Å². The number of fused-ring (bicyclic) bond motifs is 5. The van der Waals surface area contributed by atoms with Crippen molar-refractivity contribution in [2.45, 2.75) is 135 Å². The topological polar surface area (TPSA) is 96.8 Å². The van der Waals surface area contributed by atoms with E-state index in [1.807, 2.05) is 48.5 Å². The molecule has 0 heterocycles. The number of ether oxygens (including phenoxy) is 3. The Morgan fingerprint density at radius 3 is 2.04 bits per heavy atom. The summed E-state index contributed by atoms with van der Waals surface area (Å²) in [7, 11) is 0. The lowest BCUT2D eigenvalue weighted by molar-refractivity contribution is -0.164. The minimum absolute atomic E-state index is 0.0297. The lowest BCUT2D eigenvalue weighted by Gasteiger charge is -2.63. The molecule has 2 aromatic rings. The van der Waals surface area contributed by atoms with Gasteiger partial charge in [-0.15, -0.1) is 0 Å². The number of benzene rings is 2. The van der Waals surface area contributed by atoms with E-state index in [0.29, 0.717) is 47.3 Å². The smallest absolute Gasteiger partial charge is 0.306 e. The summed E-state index contributed by atoms with van der Waals surface area (Å²) in [5.74, 6) is 5.56. The van der Waals surface area contributed by atoms with Gasteiger partial charge in [-0.25, -0.2) is 0 Å². The molecule has 0 spiro atoms. The van der Waals surface area contributed by atoms with Crippen molar-refractivity contribution in [1.82, 2.24) is 0 Å². The van der Waals surface area contributed by atoms with Gasteiger partial charge in [-0.3, -0.25) is 4.79 Å². The van der Waals surface area contributed by atoms with Gasteiger partial charge in [0.05, 0.1) is 6.10 Å². The van der Waals surface area contributed by atoms with E-state index in [0.717, 1.165) is 61.4 Å². The number of esters is 1. The molecule has 10 atom stereocenters. The summed E-state index contributed by atoms with van der Waals surface area (Å²) in [6.45, 7) is 7.64. The van der Waals surface area contributed by atoms with Crippen molar-refractivity contribution in [2.24, 2.45) is 46.3 Å². The van der Waals surface area contributed by atoms with Crippen LogP contribution in [-0.2, 0) is 9.53 Å². The van der Waals surface area contributed by atoms with Crippen LogP contribution >= 0.6 is 0 Å². The van der Waals surface area contributed by atoms with Crippen molar-refractivity contribution in [2.75, 3.05) is 11.5 Å². The van der Waals surface area contributed by atoms with Crippen molar-refractivity contribution in [3.63, 3.8) is 0 Å². The third-order valence-electron chi connectivity index (χ3n) is 14.4. The maximum atomic E-state index is 12.8. The molecule has 5 saturated carbocycles. The van der Waals surface area contributed by atoms with Crippen LogP contribution in [0.3, 0.4) is 0 Å². The quantitative estimate of drug-likeness (QED) is 0.206. The van der Waals surface area contributed by atoms with Gasteiger partial charge in [0.15, 0.2) is 0 Å². The zero-order valence-corrected chi connectivity index (χ0v) is 29.7. The Kier molecular flexibility index (Phi) is 9.65. The summed E-state index contributed by atoms with van der Waals surface area (Å²) >= 11 is 0. The highest BCUT2D eigenvalue weighted by atomic mass is 16.5. The van der Waals surface area contributed by atoms with E-state index in [9.17, 15) is 4.79 Å². The van der Waals surface area contributed by atoms with E-state index in [1.54, 1.807) is 0 Å². The molecule has 0 amide bonds. The standard InChI is InChI=1S/C42H60N2O4/c1-27(9-20-40(45)48-30-7-5-4-6-8-30)35-18-19-36-34-26-39(47-32-16-12-29(44)13-17-32)38-25-33(46-31-14-10-28(43)11-15-31)21-23-42(38,3)37(34)22-24-41(35,36)2/h10-17,27,30,33-39H,4-9,18-26,43-44H2,1-3H3/t27-,33?,34+,35-,36+,37+,38?,39?,41-,42-/m1/s1. The van der Waals surface area contributed by atoms with Crippen LogP contribution in [0.5, 0.6) is 11.5 Å². The Bertz CT molecular complexity index is 1390. The summed E-state index contributed by atoms with van der Waals surface area (Å²) in [4.78, 5) is 12.8. The Morgan fingerprint density at radius 2 is 1.35 bits per heavy atom. The Labute approximate surface area is 289 Å². The zero-order chi connectivity index (χ0) is 33.5. The monoisotopic (exact) mass is 656 g/mol. The number of nitrogen functional groups attached to an aromatic ring is 2. The molecule has 7 rings (SSSR count). The molecule has 6 nitrogen and oxygen atoms in total. The average molecular weight is 657 g/mol. The van der Waals surface area contributed by atoms with Crippen molar-refractivity contribution < 1.29 is 19.0 Å². The predicted octanol–water partition coefficient (Wildman–Crippen LogP) is 9.61. The fourth-order valence-corrected chi connectivity index (χ4v) is 11.9. The minimum atomic E-state index is 0.0297. The summed E-state index contributed by atoms with van der Waals surface area (Å²) in [6, 6.07) is 15.9. The second kappa shape index (κ2) is 13.8. The van der Waals surface area contributed by atoms with Crippen LogP contribution in [0.1, 0.15) is 117 Å². The molecule has 5 fully saturated rings. The van der Waals surface area contributed by atoms with Gasteiger partial charge in [0.25, 0.3) is 0 Å². The third kappa shape index (κ3) is 6.66. The number of nitrogens with two attached hydrogens (primary N) is 2. The SMILES string of the molecule is C[C@H](CCC(=O)OC1CCCCC1)[C@H]1CC[C@H]2[C@@H]3CC(Oc4ccc(N)cc4)C4CC(Oc5ccc(N)cc5)CC[C@]4(C)[C@H]3CC[C@]12C. The van der Waals surface area contributed by atoms with Crippen LogP contribution in [0.4, 0.5) is 11.4 Å². The zero-order valence-electron chi connectivity index (χ0n) is 29.7. The van der Waals surface area contributed by atoms with Gasteiger partial charge in [-0.1, -0.05) is 27.2 Å². The van der Waals surface area contributed by atoms with Crippen LogP contribution < -0.4 is 20.9 Å². The first kappa shape index (κ1) is 33.6. The van der Waals surface area contributed by atoms with Crippen LogP contribution in [0.2, 0.25) is 0 Å². The van der Waals surface area contributed by atoms with Crippen molar-refractivity contribution in [1.29, 1.82) is 0 Å². The summed E-state index contributed by atoms with van der Waals surface area (Å²) in [6.07, 6.45) is 17.3. The van der Waals surface area contributed by atoms with Gasteiger partial charge < -0.3 is 25.7 Å². The Morgan fingerprint density at radius 1 is 0.729 bits per heavy atom. The molecule has 262 valence electrons. The fraction of sp³-hybridized carbons (Fsp3) is 0.690. The molecule has 48 heavy (non-hydrogen) atoms. The largest absolute Gasteiger partial charge is 0.490 e. The number of carbonyl (C=O) groups excluding carboxylic acids is 1. The Balaban J connectivity index is 1.07. The first-order chi connectivity index (χ1) is 23.1. The van der Waals surface area contributed by atoms with E-state index in [1.165, 1.54) is 51.4 Å². The molecule has 3 unspecified atom stereocenters. The molecular formula is C42H60N2O4. The normalized spacial score (nSPS) is 37.0. The average Bonchev–Trinajstić information content (AvgIpc) is 3.44. The van der Waals surface area contributed by atoms with Crippen molar-refractivity contribution >= 4 is 17.3 Å². The lowest BCUT2D eigenvalue weighted by Crippen LogP contribution is -2.59. The van der Waals surface area contributed by atoms with Crippen LogP contribution in [0, 0.1) is 46.3 Å². The molecule has 0 aromatic heterocycles. The fourth-order valence-electron chi connectivity index (χ4n) is 11.9. The second-order valence-corrected chi connectivity index (χ2v) is 17.0. The molecule has 5 aliphatic rings. The molecule has 6 heteroatoms. The van der Waals surface area contributed by atoms with E-state index in [-0.39, 0.29) is 29.7 Å². The van der Waals surface area contributed by atoms with Gasteiger partial charge in [-0.2, -0.15) is 0 Å². The molecule has 0 radical (unpaired) electrons. The van der Waals surface area contributed by atoms with Gasteiger partial charge in [0, 0.05) is 23.7 Å². The van der Waals surface area contributed by atoms with E-state index in [4.69, 9.17) is 25.7 Å². The van der Waals surface area contributed by atoms with E-state index in [2.05, 4.69) is 20.8 Å². The third-order valence-corrected chi connectivity index (χ3v) is 14.4. The molecule has 0 aliphatic heterocycles. The molecular weight excluding hydrogens is 596 g/mol. The van der Waals surface area contributed by atoms with Crippen LogP contribution in [0.25, 0.3) is 0 Å². The summed E-state index contributed by atoms with van der Waals surface area (Å²) in [5, 5.41) is 0. The number of carbonyl (C=O) groups is 1. The first-order valence-corrected chi connectivity index (χ1v) is 19.4. The molecule has 0 bridgehead atoms. The van der Waals surface area contributed by atoms with E-state index < -0.39 is 0 Å². The highest BCUT2D eigenvalue weighted by molar-refractivity contribution is 5.69. The van der Waals surface area contributed by atoms with Gasteiger partial charge in [0.2, 0.25) is 0 Å². The maximum absolute atomic E-state index is 12.8. The molecule has 0 saturated heterocycles. The maximum Gasteiger partial charge on any atom is 0.306 e. The van der Waals surface area contributed by atoms with Gasteiger partial charge >= 0.3 is 5.97 Å². The number of rotatable bonds is 9. The van der Waals surface area contributed by atoms with Crippen molar-refractivity contribution in [3.8, 4) is 11.5 Å². The number of hydrogen-bond donors (Lipinski definition) is 2. The molecule has 5 aliphatic carbocycles. The highest BCUT2D eigenvalue weighted by Gasteiger charge is 2.63. The van der Waals surface area contributed by atoms with Gasteiger partial charge in [0.1, 0.15) is 23.7 Å². The predicted molar refractivity (Wildman–Crippen MR) is 193 cm³/mol. The number of anilines is 2. The second-order valence-electron chi connectivity index (χ2n) is 17.0. The lowest BCUT2D eigenvalue weighted by atomic mass is 9.43. The highest BCUT2D eigenvalue weighted by Crippen LogP contribution is 2.68. The first-order valence-electron chi connectivity index (χ1n) is 19.4. The summed E-state index contributed by atoms with van der Waals surface area (Å²) < 4.78 is 19.5. The van der Waals surface area contributed by atoms with E-state index >= 15 is 0 Å². The Hall–Kier alpha value is -2.89. The summed E-state index contributed by atoms with van der Waals surface area (Å²) in [5.41, 5.74) is 14.1. The number of hydrogen-bond acceptors (Lipinski definition) is 6. The van der Waals surface area contributed by atoms with Gasteiger partial charge in [-0.05, 0) is 172 Å². The van der Waals surface area contributed by atoms with Crippen molar-refractivity contribution in [3.05, 3.63) is 48.5 Å². The molecule has 4 N–H and O–H groups in total. The minimum Gasteiger partial charge on any atom is -0.490 e.